The van der Waals surface area contributed by atoms with E-state index in [1.165, 1.54) is 6.92 Å². The van der Waals surface area contributed by atoms with Gasteiger partial charge in [0.1, 0.15) is 4.91 Å². The number of carbonyl (C=O) groups is 1. The summed E-state index contributed by atoms with van der Waals surface area (Å²) in [6.07, 6.45) is 2.60. The molecule has 19 heavy (non-hydrogen) atoms. The lowest BCUT2D eigenvalue weighted by molar-refractivity contribution is -0.113. The second kappa shape index (κ2) is 4.20. The predicted molar refractivity (Wildman–Crippen MR) is 72.5 cm³/mol. The van der Waals surface area contributed by atoms with E-state index in [4.69, 9.17) is 0 Å². The number of hydrogen-bond donors (Lipinski definition) is 0. The molecule has 1 fully saturated rings. The van der Waals surface area contributed by atoms with E-state index in [0.29, 0.717) is 17.8 Å². The molecule has 2 heterocycles. The first-order valence-corrected chi connectivity index (χ1v) is 7.87. The molecule has 0 N–H and O–H groups in total. The average Bonchev–Trinajstić information content (AvgIpc) is 2.38. The summed E-state index contributed by atoms with van der Waals surface area (Å²) >= 11 is 0. The molecule has 2 aliphatic rings. The standard InChI is InChI=1S/C14H15NO3S/c1-10(16)14-12-7-4-5-9-15(12)11-6-2-3-8-13(11)19(14,17)18/h2-3,6,8H,4-5,7,9H2,1H3. The average molecular weight is 277 g/mol. The molecule has 4 nitrogen and oxygen atoms in total. The molecule has 0 saturated carbocycles. The van der Waals surface area contributed by atoms with Crippen LogP contribution in [0.3, 0.4) is 0 Å². The molecule has 100 valence electrons. The summed E-state index contributed by atoms with van der Waals surface area (Å²) in [6, 6.07) is 6.93. The Morgan fingerprint density at radius 1 is 1.21 bits per heavy atom. The van der Waals surface area contributed by atoms with Gasteiger partial charge in [-0.3, -0.25) is 4.79 Å². The molecule has 5 heteroatoms. The number of anilines is 1. The van der Waals surface area contributed by atoms with Crippen molar-refractivity contribution in [2.24, 2.45) is 0 Å². The van der Waals surface area contributed by atoms with Crippen LogP contribution < -0.4 is 4.90 Å². The highest BCUT2D eigenvalue weighted by molar-refractivity contribution is 7.96. The van der Waals surface area contributed by atoms with Gasteiger partial charge in [-0.25, -0.2) is 8.42 Å². The second-order valence-corrected chi connectivity index (χ2v) is 6.77. The van der Waals surface area contributed by atoms with Crippen LogP contribution >= 0.6 is 0 Å². The molecule has 1 aromatic carbocycles. The van der Waals surface area contributed by atoms with E-state index in [0.717, 1.165) is 19.4 Å². The number of sulfone groups is 1. The maximum absolute atomic E-state index is 12.6. The summed E-state index contributed by atoms with van der Waals surface area (Å²) in [6.45, 7) is 2.11. The van der Waals surface area contributed by atoms with E-state index in [2.05, 4.69) is 0 Å². The van der Waals surface area contributed by atoms with Crippen LogP contribution in [0.25, 0.3) is 0 Å². The van der Waals surface area contributed by atoms with Crippen LogP contribution in [0.5, 0.6) is 0 Å². The predicted octanol–water partition coefficient (Wildman–Crippen LogP) is 2.26. The molecule has 1 saturated heterocycles. The Hall–Kier alpha value is -1.62. The van der Waals surface area contributed by atoms with Gasteiger partial charge in [-0.05, 0) is 38.3 Å². The largest absolute Gasteiger partial charge is 0.343 e. The molecule has 0 spiro atoms. The van der Waals surface area contributed by atoms with Gasteiger partial charge in [-0.2, -0.15) is 0 Å². The molecule has 0 amide bonds. The van der Waals surface area contributed by atoms with E-state index in [-0.39, 0.29) is 15.6 Å². The summed E-state index contributed by atoms with van der Waals surface area (Å²) in [5.41, 5.74) is 1.39. The summed E-state index contributed by atoms with van der Waals surface area (Å²) in [4.78, 5) is 14.1. The van der Waals surface area contributed by atoms with Gasteiger partial charge in [-0.1, -0.05) is 12.1 Å². The van der Waals surface area contributed by atoms with Gasteiger partial charge in [0.05, 0.1) is 10.6 Å². The van der Waals surface area contributed by atoms with Gasteiger partial charge >= 0.3 is 0 Å². The van der Waals surface area contributed by atoms with Crippen LogP contribution in [0.2, 0.25) is 0 Å². The lowest BCUT2D eigenvalue weighted by Gasteiger charge is -2.37. The number of carbonyl (C=O) groups excluding carboxylic acids is 1. The number of Topliss-reactive ketones (excluding diaryl/α,β-unsaturated/α-hetero) is 1. The third-order valence-corrected chi connectivity index (χ3v) is 5.65. The molecule has 0 radical (unpaired) electrons. The topological polar surface area (TPSA) is 54.5 Å². The molecule has 3 rings (SSSR count). The van der Waals surface area contributed by atoms with Crippen LogP contribution in [0.1, 0.15) is 26.2 Å². The summed E-state index contributed by atoms with van der Waals surface area (Å²) in [5, 5.41) is 0. The zero-order chi connectivity index (χ0) is 13.6. The molecule has 0 aliphatic carbocycles. The minimum atomic E-state index is -3.66. The Balaban J connectivity index is 2.35. The van der Waals surface area contributed by atoms with Crippen LogP contribution in [0.15, 0.2) is 39.8 Å². The van der Waals surface area contributed by atoms with Crippen molar-refractivity contribution in [1.29, 1.82) is 0 Å². The van der Waals surface area contributed by atoms with Crippen LogP contribution in [-0.2, 0) is 14.6 Å². The van der Waals surface area contributed by atoms with E-state index in [1.807, 2.05) is 17.0 Å². The normalized spacial score (nSPS) is 20.8. The summed E-state index contributed by atoms with van der Waals surface area (Å²) < 4.78 is 25.2. The molecule has 0 unspecified atom stereocenters. The van der Waals surface area contributed by atoms with E-state index >= 15 is 0 Å². The zero-order valence-electron chi connectivity index (χ0n) is 10.7. The highest BCUT2D eigenvalue weighted by Crippen LogP contribution is 2.42. The smallest absolute Gasteiger partial charge is 0.213 e. The number of ketones is 1. The summed E-state index contributed by atoms with van der Waals surface area (Å²) in [5.74, 6) is -0.364. The molecule has 0 aromatic heterocycles. The van der Waals surface area contributed by atoms with Gasteiger partial charge < -0.3 is 4.90 Å². The fraction of sp³-hybridized carbons (Fsp3) is 0.357. The first-order valence-electron chi connectivity index (χ1n) is 6.39. The number of rotatable bonds is 1. The number of para-hydroxylation sites is 1. The Kier molecular flexibility index (Phi) is 2.74. The van der Waals surface area contributed by atoms with Crippen molar-refractivity contribution in [3.63, 3.8) is 0 Å². The minimum Gasteiger partial charge on any atom is -0.343 e. The number of hydrogen-bond acceptors (Lipinski definition) is 4. The molecule has 0 bridgehead atoms. The van der Waals surface area contributed by atoms with Crippen LogP contribution in [0.4, 0.5) is 5.69 Å². The number of allylic oxidation sites excluding steroid dienone is 2. The van der Waals surface area contributed by atoms with Crippen LogP contribution in [-0.4, -0.2) is 20.7 Å². The quantitative estimate of drug-likeness (QED) is 0.790. The van der Waals surface area contributed by atoms with Crippen molar-refractivity contribution < 1.29 is 13.2 Å². The third kappa shape index (κ3) is 1.72. The molecule has 2 aliphatic heterocycles. The number of benzene rings is 1. The number of piperidine rings is 1. The monoisotopic (exact) mass is 277 g/mol. The van der Waals surface area contributed by atoms with Crippen molar-refractivity contribution in [3.8, 4) is 0 Å². The van der Waals surface area contributed by atoms with Gasteiger partial charge in [0.15, 0.2) is 5.78 Å². The van der Waals surface area contributed by atoms with Gasteiger partial charge in [0.25, 0.3) is 0 Å². The number of fused-ring (bicyclic) bond motifs is 3. The lowest BCUT2D eigenvalue weighted by Crippen LogP contribution is -2.36. The second-order valence-electron chi connectivity index (χ2n) is 4.91. The Morgan fingerprint density at radius 3 is 2.68 bits per heavy atom. The van der Waals surface area contributed by atoms with Gasteiger partial charge in [0, 0.05) is 12.2 Å². The van der Waals surface area contributed by atoms with Gasteiger partial charge in [-0.15, -0.1) is 0 Å². The zero-order valence-corrected chi connectivity index (χ0v) is 11.5. The molecule has 0 atom stereocenters. The Labute approximate surface area is 112 Å². The van der Waals surface area contributed by atoms with E-state index < -0.39 is 9.84 Å². The Morgan fingerprint density at radius 2 is 1.95 bits per heavy atom. The maximum atomic E-state index is 12.6. The van der Waals surface area contributed by atoms with Crippen molar-refractivity contribution in [3.05, 3.63) is 34.9 Å². The SMILES string of the molecule is CC(=O)C1=C2CCCCN2c2ccccc2S1(=O)=O. The van der Waals surface area contributed by atoms with Crippen molar-refractivity contribution in [2.45, 2.75) is 31.1 Å². The molecular formula is C14H15NO3S. The Bertz CT molecular complexity index is 688. The van der Waals surface area contributed by atoms with Gasteiger partial charge in [0.2, 0.25) is 9.84 Å². The summed E-state index contributed by atoms with van der Waals surface area (Å²) in [7, 11) is -3.66. The molecule has 1 aromatic rings. The fourth-order valence-electron chi connectivity index (χ4n) is 2.90. The third-order valence-electron chi connectivity index (χ3n) is 3.67. The lowest BCUT2D eigenvalue weighted by atomic mass is 10.0. The molecular weight excluding hydrogens is 262 g/mol. The van der Waals surface area contributed by atoms with E-state index in [1.54, 1.807) is 12.1 Å². The maximum Gasteiger partial charge on any atom is 0.213 e. The first-order chi connectivity index (χ1) is 9.03. The van der Waals surface area contributed by atoms with Crippen LogP contribution in [0, 0.1) is 0 Å². The van der Waals surface area contributed by atoms with Crippen molar-refractivity contribution in [2.75, 3.05) is 11.4 Å². The number of nitrogens with zero attached hydrogens (tertiary/aromatic N) is 1. The highest BCUT2D eigenvalue weighted by Gasteiger charge is 2.38. The minimum absolute atomic E-state index is 0.00843. The fourth-order valence-corrected chi connectivity index (χ4v) is 4.73. The van der Waals surface area contributed by atoms with Crippen molar-refractivity contribution in [1.82, 2.24) is 0 Å². The first kappa shape index (κ1) is 12.4. The highest BCUT2D eigenvalue weighted by atomic mass is 32.2. The van der Waals surface area contributed by atoms with Crippen molar-refractivity contribution >= 4 is 21.3 Å². The van der Waals surface area contributed by atoms with E-state index in [9.17, 15) is 13.2 Å².